The average molecular weight is 379 g/mol. The predicted octanol–water partition coefficient (Wildman–Crippen LogP) is 8.15. The quantitative estimate of drug-likeness (QED) is 0.433. The van der Waals surface area contributed by atoms with E-state index in [0.29, 0.717) is 16.0 Å². The van der Waals surface area contributed by atoms with Gasteiger partial charge in [-0.3, -0.25) is 0 Å². The van der Waals surface area contributed by atoms with Crippen LogP contribution in [0.2, 0.25) is 0 Å². The van der Waals surface area contributed by atoms with Crippen LogP contribution in [-0.4, -0.2) is 10.8 Å². The Labute approximate surface area is 166 Å². The Hall–Kier alpha value is 0.430. The zero-order chi connectivity index (χ0) is 19.3. The Bertz CT molecular complexity index is 494. The zero-order valence-corrected chi connectivity index (χ0v) is 20.1. The minimum absolute atomic E-state index is 0.542. The van der Waals surface area contributed by atoms with Gasteiger partial charge in [0.2, 0.25) is 0 Å². The highest BCUT2D eigenvalue weighted by molar-refractivity contribution is 7.40. The van der Waals surface area contributed by atoms with Crippen LogP contribution in [0.4, 0.5) is 0 Å². The molecule has 0 aromatic carbocycles. The maximum atomic E-state index is 2.74. The van der Waals surface area contributed by atoms with Crippen LogP contribution >= 0.6 is 8.58 Å². The number of hydrogen-bond donors (Lipinski definition) is 0. The molecule has 3 rings (SSSR count). The first kappa shape index (κ1) is 21.1. The number of rotatable bonds is 4. The molecule has 8 atom stereocenters. The van der Waals surface area contributed by atoms with Crippen molar-refractivity contribution in [3.8, 4) is 0 Å². The van der Waals surface area contributed by atoms with E-state index in [1.54, 1.807) is 12.8 Å². The molecule has 26 heavy (non-hydrogen) atoms. The predicted molar refractivity (Wildman–Crippen MR) is 119 cm³/mol. The fourth-order valence-electron chi connectivity index (χ4n) is 8.01. The Morgan fingerprint density at radius 3 is 2.27 bits per heavy atom. The van der Waals surface area contributed by atoms with Gasteiger partial charge in [-0.15, -0.1) is 8.58 Å². The summed E-state index contributed by atoms with van der Waals surface area (Å²) in [7, 11) is 1.20. The standard InChI is InChI=1S/C25H47P/c1-17(2)14-20(5)26-25-13-9-10-18(3)11-12-21(25)24(8)15-19(4)23(6,7)22(24)16-25/h17-22,26H,9-16H2,1-8H3. The lowest BCUT2D eigenvalue weighted by Crippen LogP contribution is -2.38. The molecule has 3 aliphatic carbocycles. The summed E-state index contributed by atoms with van der Waals surface area (Å²) in [5.74, 6) is 4.67. The monoisotopic (exact) mass is 378 g/mol. The van der Waals surface area contributed by atoms with Crippen LogP contribution in [0.15, 0.2) is 0 Å². The highest BCUT2D eigenvalue weighted by Gasteiger charge is 2.66. The van der Waals surface area contributed by atoms with Gasteiger partial charge < -0.3 is 0 Å². The van der Waals surface area contributed by atoms with Gasteiger partial charge >= 0.3 is 0 Å². The summed E-state index contributed by atoms with van der Waals surface area (Å²) in [6.45, 7) is 20.5. The van der Waals surface area contributed by atoms with E-state index in [4.69, 9.17) is 0 Å². The molecule has 3 fully saturated rings. The van der Waals surface area contributed by atoms with E-state index in [9.17, 15) is 0 Å². The van der Waals surface area contributed by atoms with E-state index in [1.807, 2.05) is 0 Å². The zero-order valence-electron chi connectivity index (χ0n) is 19.1. The summed E-state index contributed by atoms with van der Waals surface area (Å²) in [5, 5.41) is 0.686. The van der Waals surface area contributed by atoms with Crippen LogP contribution in [0.3, 0.4) is 0 Å². The van der Waals surface area contributed by atoms with Gasteiger partial charge in [-0.05, 0) is 83.3 Å². The third-order valence-corrected chi connectivity index (χ3v) is 11.5. The molecule has 0 nitrogen and oxygen atoms in total. The highest BCUT2D eigenvalue weighted by atomic mass is 31.1. The van der Waals surface area contributed by atoms with Crippen molar-refractivity contribution in [1.29, 1.82) is 0 Å². The number of fused-ring (bicyclic) bond motifs is 3. The second kappa shape index (κ2) is 7.35. The molecule has 0 aromatic rings. The lowest BCUT2D eigenvalue weighted by molar-refractivity contribution is 0.118. The van der Waals surface area contributed by atoms with Gasteiger partial charge in [0.05, 0.1) is 0 Å². The SMILES string of the molecule is CC(C)CC(C)PC12CCCC(C)CCC1C1(C)CC(C)C(C)(C)C1C2. The molecule has 0 aromatic heterocycles. The van der Waals surface area contributed by atoms with Gasteiger partial charge in [-0.25, -0.2) is 0 Å². The minimum Gasteiger partial charge on any atom is -0.112 e. The smallest absolute Gasteiger partial charge is 0.00830 e. The molecule has 0 radical (unpaired) electrons. The maximum Gasteiger partial charge on any atom is -0.00830 e. The van der Waals surface area contributed by atoms with E-state index in [-0.39, 0.29) is 0 Å². The Kier molecular flexibility index (Phi) is 5.98. The van der Waals surface area contributed by atoms with Crippen LogP contribution in [0.5, 0.6) is 0 Å². The van der Waals surface area contributed by atoms with Gasteiger partial charge in [0.15, 0.2) is 0 Å². The summed E-state index contributed by atoms with van der Waals surface area (Å²) < 4.78 is 0. The van der Waals surface area contributed by atoms with Crippen LogP contribution in [0.1, 0.15) is 107 Å². The van der Waals surface area contributed by atoms with Gasteiger partial charge in [-0.1, -0.05) is 74.7 Å². The molecular formula is C25H47P. The molecule has 152 valence electrons. The summed E-state index contributed by atoms with van der Waals surface area (Å²) in [5.41, 5.74) is 2.09. The minimum atomic E-state index is 0.542. The molecule has 0 aliphatic heterocycles. The lowest BCUT2D eigenvalue weighted by atomic mass is 9.67. The van der Waals surface area contributed by atoms with Crippen molar-refractivity contribution in [3.05, 3.63) is 0 Å². The van der Waals surface area contributed by atoms with Crippen LogP contribution < -0.4 is 0 Å². The highest BCUT2D eigenvalue weighted by Crippen LogP contribution is 2.74. The van der Waals surface area contributed by atoms with Gasteiger partial charge in [0.25, 0.3) is 0 Å². The molecule has 0 saturated heterocycles. The van der Waals surface area contributed by atoms with Gasteiger partial charge in [0.1, 0.15) is 0 Å². The molecule has 1 heteroatoms. The van der Waals surface area contributed by atoms with Crippen LogP contribution in [0.25, 0.3) is 0 Å². The molecule has 0 spiro atoms. The largest absolute Gasteiger partial charge is 0.112 e. The first-order chi connectivity index (χ1) is 12.0. The van der Waals surface area contributed by atoms with Crippen molar-refractivity contribution < 1.29 is 0 Å². The van der Waals surface area contributed by atoms with E-state index in [2.05, 4.69) is 55.4 Å². The molecule has 0 bridgehead atoms. The van der Waals surface area contributed by atoms with E-state index in [1.165, 1.54) is 47.1 Å². The fraction of sp³-hybridized carbons (Fsp3) is 1.00. The molecule has 3 aliphatic rings. The van der Waals surface area contributed by atoms with E-state index in [0.717, 1.165) is 35.2 Å². The van der Waals surface area contributed by atoms with Crippen molar-refractivity contribution in [3.63, 3.8) is 0 Å². The summed E-state index contributed by atoms with van der Waals surface area (Å²) in [6, 6.07) is 0. The molecular weight excluding hydrogens is 331 g/mol. The van der Waals surface area contributed by atoms with Gasteiger partial charge in [-0.2, -0.15) is 0 Å². The van der Waals surface area contributed by atoms with E-state index >= 15 is 0 Å². The van der Waals surface area contributed by atoms with Crippen molar-refractivity contribution in [2.45, 2.75) is 118 Å². The second-order valence-electron chi connectivity index (χ2n) is 12.1. The lowest BCUT2D eigenvalue weighted by Gasteiger charge is -2.45. The van der Waals surface area contributed by atoms with Crippen LogP contribution in [0, 0.1) is 40.4 Å². The summed E-state index contributed by atoms with van der Waals surface area (Å²) >= 11 is 0. The van der Waals surface area contributed by atoms with Crippen molar-refractivity contribution in [2.75, 3.05) is 0 Å². The first-order valence-corrected chi connectivity index (χ1v) is 12.9. The molecule has 0 amide bonds. The Morgan fingerprint density at radius 2 is 1.62 bits per heavy atom. The van der Waals surface area contributed by atoms with Crippen molar-refractivity contribution in [1.82, 2.24) is 0 Å². The molecule has 0 heterocycles. The molecule has 8 unspecified atom stereocenters. The maximum absolute atomic E-state index is 2.74. The number of hydrogen-bond acceptors (Lipinski definition) is 0. The average Bonchev–Trinajstić information content (AvgIpc) is 2.80. The Balaban J connectivity index is 1.93. The van der Waals surface area contributed by atoms with Crippen molar-refractivity contribution >= 4 is 8.58 Å². The topological polar surface area (TPSA) is 0 Å². The summed E-state index contributed by atoms with van der Waals surface area (Å²) in [6.07, 6.45) is 12.0. The molecule has 0 N–H and O–H groups in total. The Morgan fingerprint density at radius 1 is 0.923 bits per heavy atom. The van der Waals surface area contributed by atoms with E-state index < -0.39 is 0 Å². The molecule has 3 saturated carbocycles. The first-order valence-electron chi connectivity index (χ1n) is 11.8. The third kappa shape index (κ3) is 3.55. The third-order valence-electron chi connectivity index (χ3n) is 9.37. The van der Waals surface area contributed by atoms with Crippen molar-refractivity contribution in [2.24, 2.45) is 40.4 Å². The fourth-order valence-corrected chi connectivity index (χ4v) is 10.9. The second-order valence-corrected chi connectivity index (χ2v) is 14.4. The summed E-state index contributed by atoms with van der Waals surface area (Å²) in [4.78, 5) is 0. The normalized spacial score (nSPS) is 47.0. The van der Waals surface area contributed by atoms with Gasteiger partial charge in [0, 0.05) is 0 Å². The van der Waals surface area contributed by atoms with Crippen LogP contribution in [-0.2, 0) is 0 Å².